The molecular formula is C15H25N3O. The number of rotatable bonds is 8. The zero-order chi connectivity index (χ0) is 14.1. The molecule has 1 aromatic rings. The summed E-state index contributed by atoms with van der Waals surface area (Å²) in [7, 11) is 0. The molecule has 0 radical (unpaired) electrons. The fraction of sp³-hybridized carbons (Fsp3) is 0.533. The van der Waals surface area contributed by atoms with Crippen LogP contribution in [0.25, 0.3) is 0 Å². The number of hydrogen-bond acceptors (Lipinski definition) is 3. The maximum absolute atomic E-state index is 11.8. The number of carbonyl (C=O) groups is 1. The summed E-state index contributed by atoms with van der Waals surface area (Å²) in [6.45, 7) is 7.04. The molecule has 0 atom stereocenters. The van der Waals surface area contributed by atoms with Gasteiger partial charge in [0.05, 0.1) is 6.54 Å². The number of benzene rings is 1. The predicted octanol–water partition coefficient (Wildman–Crippen LogP) is 2.01. The van der Waals surface area contributed by atoms with Crippen LogP contribution in [0.1, 0.15) is 32.3 Å². The Bertz CT molecular complexity index is 393. The number of nitrogens with one attached hydrogen (secondary N) is 1. The van der Waals surface area contributed by atoms with Gasteiger partial charge in [-0.1, -0.05) is 26.0 Å². The third kappa shape index (κ3) is 6.25. The average molecular weight is 263 g/mol. The van der Waals surface area contributed by atoms with Gasteiger partial charge in [-0.25, -0.2) is 0 Å². The molecule has 106 valence electrons. The lowest BCUT2D eigenvalue weighted by Crippen LogP contribution is -2.37. The van der Waals surface area contributed by atoms with Crippen molar-refractivity contribution in [2.45, 2.75) is 33.2 Å². The highest BCUT2D eigenvalue weighted by atomic mass is 16.2. The van der Waals surface area contributed by atoms with E-state index in [2.05, 4.69) is 24.1 Å². The summed E-state index contributed by atoms with van der Waals surface area (Å²) < 4.78 is 0. The van der Waals surface area contributed by atoms with Crippen LogP contribution in [0.2, 0.25) is 0 Å². The Kier molecular flexibility index (Phi) is 6.97. The van der Waals surface area contributed by atoms with Crippen molar-refractivity contribution in [1.29, 1.82) is 0 Å². The van der Waals surface area contributed by atoms with Crippen molar-refractivity contribution < 1.29 is 4.79 Å². The molecule has 0 fully saturated rings. The SMILES string of the molecule is CCCNC(=O)CN(CCC)Cc1cccc(N)c1. The first kappa shape index (κ1) is 15.5. The molecule has 0 unspecified atom stereocenters. The number of nitrogen functional groups attached to an aromatic ring is 1. The molecule has 3 N–H and O–H groups in total. The first-order chi connectivity index (χ1) is 9.15. The van der Waals surface area contributed by atoms with E-state index in [4.69, 9.17) is 5.73 Å². The maximum atomic E-state index is 11.8. The molecule has 0 aliphatic rings. The van der Waals surface area contributed by atoms with Gasteiger partial charge in [-0.2, -0.15) is 0 Å². The van der Waals surface area contributed by atoms with Crippen LogP contribution in [0.15, 0.2) is 24.3 Å². The topological polar surface area (TPSA) is 58.4 Å². The molecule has 0 saturated heterocycles. The van der Waals surface area contributed by atoms with Crippen molar-refractivity contribution in [1.82, 2.24) is 10.2 Å². The lowest BCUT2D eigenvalue weighted by atomic mass is 10.2. The van der Waals surface area contributed by atoms with Gasteiger partial charge in [0.25, 0.3) is 0 Å². The predicted molar refractivity (Wildman–Crippen MR) is 79.7 cm³/mol. The smallest absolute Gasteiger partial charge is 0.234 e. The minimum absolute atomic E-state index is 0.0965. The Morgan fingerprint density at radius 1 is 1.32 bits per heavy atom. The van der Waals surface area contributed by atoms with E-state index in [1.54, 1.807) is 0 Å². The van der Waals surface area contributed by atoms with Crippen LogP contribution in [0.5, 0.6) is 0 Å². The molecule has 4 nitrogen and oxygen atoms in total. The van der Waals surface area contributed by atoms with Crippen LogP contribution in [0, 0.1) is 0 Å². The van der Waals surface area contributed by atoms with E-state index in [0.717, 1.165) is 43.7 Å². The Hall–Kier alpha value is -1.55. The highest BCUT2D eigenvalue weighted by molar-refractivity contribution is 5.77. The highest BCUT2D eigenvalue weighted by Gasteiger charge is 2.10. The second-order valence-electron chi connectivity index (χ2n) is 4.81. The fourth-order valence-electron chi connectivity index (χ4n) is 2.00. The fourth-order valence-corrected chi connectivity index (χ4v) is 2.00. The summed E-state index contributed by atoms with van der Waals surface area (Å²) in [6, 6.07) is 7.84. The van der Waals surface area contributed by atoms with E-state index in [1.807, 2.05) is 24.3 Å². The van der Waals surface area contributed by atoms with Crippen molar-refractivity contribution in [3.8, 4) is 0 Å². The monoisotopic (exact) mass is 263 g/mol. The zero-order valence-electron chi connectivity index (χ0n) is 12.0. The average Bonchev–Trinajstić information content (AvgIpc) is 2.36. The molecule has 1 rings (SSSR count). The van der Waals surface area contributed by atoms with Gasteiger partial charge < -0.3 is 11.1 Å². The standard InChI is InChI=1S/C15H25N3O/c1-3-8-17-15(19)12-18(9-4-2)11-13-6-5-7-14(16)10-13/h5-7,10H,3-4,8-9,11-12,16H2,1-2H3,(H,17,19). The second-order valence-corrected chi connectivity index (χ2v) is 4.81. The Labute approximate surface area is 116 Å². The maximum Gasteiger partial charge on any atom is 0.234 e. The van der Waals surface area contributed by atoms with Crippen molar-refractivity contribution in [3.63, 3.8) is 0 Å². The van der Waals surface area contributed by atoms with E-state index in [1.165, 1.54) is 0 Å². The molecular weight excluding hydrogens is 238 g/mol. The number of anilines is 1. The third-order valence-electron chi connectivity index (χ3n) is 2.84. The summed E-state index contributed by atoms with van der Waals surface area (Å²) >= 11 is 0. The number of nitrogens with two attached hydrogens (primary N) is 1. The molecule has 19 heavy (non-hydrogen) atoms. The van der Waals surface area contributed by atoms with E-state index in [0.29, 0.717) is 6.54 Å². The molecule has 0 aromatic heterocycles. The van der Waals surface area contributed by atoms with Crippen molar-refractivity contribution >= 4 is 11.6 Å². The summed E-state index contributed by atoms with van der Waals surface area (Å²) in [4.78, 5) is 13.9. The molecule has 0 saturated carbocycles. The van der Waals surface area contributed by atoms with E-state index in [9.17, 15) is 4.79 Å². The van der Waals surface area contributed by atoms with Crippen molar-refractivity contribution in [3.05, 3.63) is 29.8 Å². The van der Waals surface area contributed by atoms with E-state index < -0.39 is 0 Å². The number of carbonyl (C=O) groups excluding carboxylic acids is 1. The summed E-state index contributed by atoms with van der Waals surface area (Å²) in [5.41, 5.74) is 7.70. The van der Waals surface area contributed by atoms with Crippen LogP contribution in [0.4, 0.5) is 5.69 Å². The van der Waals surface area contributed by atoms with Gasteiger partial charge in [-0.15, -0.1) is 0 Å². The lowest BCUT2D eigenvalue weighted by molar-refractivity contribution is -0.122. The minimum atomic E-state index is 0.0965. The molecule has 4 heteroatoms. The summed E-state index contributed by atoms with van der Waals surface area (Å²) in [5.74, 6) is 0.0965. The first-order valence-corrected chi connectivity index (χ1v) is 6.99. The molecule has 0 bridgehead atoms. The quantitative estimate of drug-likeness (QED) is 0.705. The normalized spacial score (nSPS) is 10.7. The first-order valence-electron chi connectivity index (χ1n) is 6.99. The van der Waals surface area contributed by atoms with Gasteiger partial charge in [-0.05, 0) is 37.1 Å². The van der Waals surface area contributed by atoms with Gasteiger partial charge in [0.15, 0.2) is 0 Å². The molecule has 1 amide bonds. The molecule has 1 aromatic carbocycles. The summed E-state index contributed by atoms with van der Waals surface area (Å²) in [5, 5.41) is 2.91. The highest BCUT2D eigenvalue weighted by Crippen LogP contribution is 2.09. The Balaban J connectivity index is 2.54. The van der Waals surface area contributed by atoms with Gasteiger partial charge in [0.1, 0.15) is 0 Å². The third-order valence-corrected chi connectivity index (χ3v) is 2.84. The lowest BCUT2D eigenvalue weighted by Gasteiger charge is -2.21. The molecule has 0 spiro atoms. The summed E-state index contributed by atoms with van der Waals surface area (Å²) in [6.07, 6.45) is 2.00. The van der Waals surface area contributed by atoms with Crippen LogP contribution < -0.4 is 11.1 Å². The van der Waals surface area contributed by atoms with Crippen LogP contribution >= 0.6 is 0 Å². The molecule has 0 heterocycles. The zero-order valence-corrected chi connectivity index (χ0v) is 12.0. The van der Waals surface area contributed by atoms with E-state index in [-0.39, 0.29) is 5.91 Å². The molecule has 0 aliphatic carbocycles. The van der Waals surface area contributed by atoms with Gasteiger partial charge >= 0.3 is 0 Å². The van der Waals surface area contributed by atoms with Gasteiger partial charge in [0, 0.05) is 18.8 Å². The van der Waals surface area contributed by atoms with Gasteiger partial charge in [-0.3, -0.25) is 9.69 Å². The Morgan fingerprint density at radius 2 is 2.11 bits per heavy atom. The van der Waals surface area contributed by atoms with Crippen molar-refractivity contribution in [2.24, 2.45) is 0 Å². The second kappa shape index (κ2) is 8.53. The minimum Gasteiger partial charge on any atom is -0.399 e. The van der Waals surface area contributed by atoms with Crippen molar-refractivity contribution in [2.75, 3.05) is 25.4 Å². The van der Waals surface area contributed by atoms with Gasteiger partial charge in [0.2, 0.25) is 5.91 Å². The van der Waals surface area contributed by atoms with Crippen LogP contribution in [-0.2, 0) is 11.3 Å². The van der Waals surface area contributed by atoms with Crippen LogP contribution in [0.3, 0.4) is 0 Å². The Morgan fingerprint density at radius 3 is 2.74 bits per heavy atom. The number of hydrogen-bond donors (Lipinski definition) is 2. The van der Waals surface area contributed by atoms with Crippen LogP contribution in [-0.4, -0.2) is 30.4 Å². The molecule has 0 aliphatic heterocycles. The largest absolute Gasteiger partial charge is 0.399 e. The van der Waals surface area contributed by atoms with E-state index >= 15 is 0 Å². The number of amides is 1. The number of nitrogens with zero attached hydrogens (tertiary/aromatic N) is 1.